The summed E-state index contributed by atoms with van der Waals surface area (Å²) in [6, 6.07) is 1.92. The van der Waals surface area contributed by atoms with Crippen molar-refractivity contribution in [3.05, 3.63) is 34.6 Å². The Hall–Kier alpha value is -2.32. The molecule has 24 heavy (non-hydrogen) atoms. The molecule has 0 N–H and O–H groups in total. The molecule has 0 radical (unpaired) electrons. The van der Waals surface area contributed by atoms with Crippen LogP contribution in [-0.2, 0) is 11.3 Å². The van der Waals surface area contributed by atoms with Gasteiger partial charge in [-0.2, -0.15) is 14.6 Å². The summed E-state index contributed by atoms with van der Waals surface area (Å²) < 4.78 is 8.73. The van der Waals surface area contributed by atoms with Crippen LogP contribution in [0.1, 0.15) is 12.1 Å². The normalized spacial score (nSPS) is 16.2. The fourth-order valence-corrected chi connectivity index (χ4v) is 3.23. The first-order valence-corrected chi connectivity index (χ1v) is 8.23. The Morgan fingerprint density at radius 1 is 1.25 bits per heavy atom. The zero-order valence-corrected chi connectivity index (χ0v) is 13.7. The van der Waals surface area contributed by atoms with Gasteiger partial charge in [-0.3, -0.25) is 9.69 Å². The zero-order valence-electron chi connectivity index (χ0n) is 13.7. The van der Waals surface area contributed by atoms with Crippen LogP contribution in [0.2, 0.25) is 0 Å². The van der Waals surface area contributed by atoms with E-state index < -0.39 is 0 Å². The highest BCUT2D eigenvalue weighted by Crippen LogP contribution is 2.13. The summed E-state index contributed by atoms with van der Waals surface area (Å²) in [6.45, 7) is 7.06. The van der Waals surface area contributed by atoms with Gasteiger partial charge in [-0.05, 0) is 19.4 Å². The van der Waals surface area contributed by atoms with E-state index in [1.807, 2.05) is 19.2 Å². The van der Waals surface area contributed by atoms with Gasteiger partial charge in [0.15, 0.2) is 0 Å². The third kappa shape index (κ3) is 2.67. The molecule has 4 heterocycles. The van der Waals surface area contributed by atoms with Crippen LogP contribution in [0.25, 0.3) is 16.7 Å². The quantitative estimate of drug-likeness (QED) is 0.693. The van der Waals surface area contributed by atoms with Crippen molar-refractivity contribution in [3.63, 3.8) is 0 Å². The number of pyridine rings is 1. The van der Waals surface area contributed by atoms with E-state index in [1.165, 1.54) is 6.33 Å². The summed E-state index contributed by atoms with van der Waals surface area (Å²) in [5.41, 5.74) is 1.43. The molecule has 1 aliphatic rings. The summed E-state index contributed by atoms with van der Waals surface area (Å²) in [7, 11) is 0. The van der Waals surface area contributed by atoms with Gasteiger partial charge < -0.3 is 9.30 Å². The Balaban J connectivity index is 1.60. The van der Waals surface area contributed by atoms with Crippen molar-refractivity contribution in [1.29, 1.82) is 0 Å². The molecule has 0 aliphatic carbocycles. The average molecular weight is 328 g/mol. The van der Waals surface area contributed by atoms with Crippen LogP contribution in [-0.4, -0.2) is 61.9 Å². The molecule has 0 bridgehead atoms. The van der Waals surface area contributed by atoms with Crippen LogP contribution in [0.5, 0.6) is 0 Å². The minimum atomic E-state index is -0.0168. The summed E-state index contributed by atoms with van der Waals surface area (Å²) in [5.74, 6) is 0.518. The number of hydrogen-bond acceptors (Lipinski definition) is 6. The third-order valence-electron chi connectivity index (χ3n) is 4.51. The monoisotopic (exact) mass is 328 g/mol. The number of rotatable bonds is 4. The SMILES string of the molecule is Cc1nc2ncnn2c2ccn(CCCN3CCOCC3)c(=O)c12. The van der Waals surface area contributed by atoms with Crippen LogP contribution in [0.15, 0.2) is 23.4 Å². The molecule has 126 valence electrons. The number of morpholine rings is 1. The van der Waals surface area contributed by atoms with Gasteiger partial charge in [-0.15, -0.1) is 0 Å². The molecule has 0 saturated carbocycles. The molecule has 0 spiro atoms. The Bertz CT molecular complexity index is 925. The van der Waals surface area contributed by atoms with Crippen molar-refractivity contribution < 1.29 is 4.74 Å². The highest BCUT2D eigenvalue weighted by Gasteiger charge is 2.13. The molecule has 0 unspecified atom stereocenters. The number of hydrogen-bond donors (Lipinski definition) is 0. The van der Waals surface area contributed by atoms with Crippen molar-refractivity contribution in [2.75, 3.05) is 32.8 Å². The van der Waals surface area contributed by atoms with Crippen molar-refractivity contribution >= 4 is 16.7 Å². The van der Waals surface area contributed by atoms with Gasteiger partial charge in [0, 0.05) is 32.4 Å². The number of nitrogens with zero attached hydrogens (tertiary/aromatic N) is 6. The third-order valence-corrected chi connectivity index (χ3v) is 4.51. The Labute approximate surface area is 138 Å². The Morgan fingerprint density at radius 3 is 2.92 bits per heavy atom. The maximum atomic E-state index is 12.8. The van der Waals surface area contributed by atoms with Crippen molar-refractivity contribution in [3.8, 4) is 0 Å². The number of ether oxygens (including phenoxy) is 1. The summed E-state index contributed by atoms with van der Waals surface area (Å²) >= 11 is 0. The lowest BCUT2D eigenvalue weighted by Gasteiger charge is -2.26. The molecule has 8 heteroatoms. The van der Waals surface area contributed by atoms with E-state index in [-0.39, 0.29) is 5.56 Å². The van der Waals surface area contributed by atoms with E-state index >= 15 is 0 Å². The van der Waals surface area contributed by atoms with Gasteiger partial charge in [0.05, 0.1) is 29.8 Å². The molecule has 0 atom stereocenters. The molecule has 8 nitrogen and oxygen atoms in total. The highest BCUT2D eigenvalue weighted by molar-refractivity contribution is 5.81. The van der Waals surface area contributed by atoms with Gasteiger partial charge >= 0.3 is 0 Å². The van der Waals surface area contributed by atoms with Gasteiger partial charge in [0.1, 0.15) is 6.33 Å². The lowest BCUT2D eigenvalue weighted by Crippen LogP contribution is -2.37. The number of aromatic nitrogens is 5. The maximum absolute atomic E-state index is 12.8. The second-order valence-corrected chi connectivity index (χ2v) is 6.05. The predicted molar refractivity (Wildman–Crippen MR) is 89.2 cm³/mol. The molecule has 1 saturated heterocycles. The molecule has 0 amide bonds. The fraction of sp³-hybridized carbons (Fsp3) is 0.500. The van der Waals surface area contributed by atoms with Crippen LogP contribution < -0.4 is 5.56 Å². The number of aryl methyl sites for hydroxylation is 2. The molecule has 1 fully saturated rings. The van der Waals surface area contributed by atoms with E-state index in [1.54, 1.807) is 9.08 Å². The smallest absolute Gasteiger partial charge is 0.261 e. The van der Waals surface area contributed by atoms with E-state index in [2.05, 4.69) is 20.0 Å². The lowest BCUT2D eigenvalue weighted by atomic mass is 10.2. The molecule has 3 aromatic heterocycles. The van der Waals surface area contributed by atoms with Crippen molar-refractivity contribution in [2.24, 2.45) is 0 Å². The first-order valence-electron chi connectivity index (χ1n) is 8.23. The van der Waals surface area contributed by atoms with Crippen LogP contribution in [0.3, 0.4) is 0 Å². The fourth-order valence-electron chi connectivity index (χ4n) is 3.23. The first kappa shape index (κ1) is 15.2. The van der Waals surface area contributed by atoms with Gasteiger partial charge in [0.2, 0.25) is 0 Å². The van der Waals surface area contributed by atoms with Crippen molar-refractivity contribution in [2.45, 2.75) is 19.9 Å². The zero-order chi connectivity index (χ0) is 16.5. The van der Waals surface area contributed by atoms with Crippen molar-refractivity contribution in [1.82, 2.24) is 29.0 Å². The second-order valence-electron chi connectivity index (χ2n) is 6.05. The summed E-state index contributed by atoms with van der Waals surface area (Å²) in [5, 5.41) is 4.77. The van der Waals surface area contributed by atoms with E-state index in [0.717, 1.165) is 44.8 Å². The first-order chi connectivity index (χ1) is 11.7. The van der Waals surface area contributed by atoms with E-state index in [9.17, 15) is 4.79 Å². The highest BCUT2D eigenvalue weighted by atomic mass is 16.5. The minimum Gasteiger partial charge on any atom is -0.379 e. The minimum absolute atomic E-state index is 0.0168. The number of fused-ring (bicyclic) bond motifs is 3. The molecular formula is C16H20N6O2. The molecule has 3 aromatic rings. The Kier molecular flexibility index (Phi) is 3.99. The average Bonchev–Trinajstić information content (AvgIpc) is 3.06. The van der Waals surface area contributed by atoms with Gasteiger partial charge in [-0.25, -0.2) is 4.98 Å². The Morgan fingerprint density at radius 2 is 2.08 bits per heavy atom. The standard InChI is InChI=1S/C16H20N6O2/c1-12-14-13(22-16(19-12)17-11-18-22)3-6-21(15(14)23)5-2-4-20-7-9-24-10-8-20/h3,6,11H,2,4-5,7-10H2,1H3. The molecule has 4 rings (SSSR count). The van der Waals surface area contributed by atoms with Crippen LogP contribution in [0.4, 0.5) is 0 Å². The van der Waals surface area contributed by atoms with Gasteiger partial charge in [0.25, 0.3) is 11.3 Å². The molecular weight excluding hydrogens is 308 g/mol. The lowest BCUT2D eigenvalue weighted by molar-refractivity contribution is 0.0369. The topological polar surface area (TPSA) is 77.6 Å². The van der Waals surface area contributed by atoms with Crippen LogP contribution >= 0.6 is 0 Å². The predicted octanol–water partition coefficient (Wildman–Crippen LogP) is 0.470. The summed E-state index contributed by atoms with van der Waals surface area (Å²) in [6.07, 6.45) is 4.23. The van der Waals surface area contributed by atoms with Gasteiger partial charge in [-0.1, -0.05) is 0 Å². The van der Waals surface area contributed by atoms with E-state index in [0.29, 0.717) is 23.4 Å². The largest absolute Gasteiger partial charge is 0.379 e. The second kappa shape index (κ2) is 6.29. The van der Waals surface area contributed by atoms with E-state index in [4.69, 9.17) is 4.74 Å². The summed E-state index contributed by atoms with van der Waals surface area (Å²) in [4.78, 5) is 23.7. The van der Waals surface area contributed by atoms with Crippen LogP contribution in [0, 0.1) is 6.92 Å². The molecule has 0 aromatic carbocycles. The molecule has 1 aliphatic heterocycles. The maximum Gasteiger partial charge on any atom is 0.261 e.